The highest BCUT2D eigenvalue weighted by Gasteiger charge is 2.25. The lowest BCUT2D eigenvalue weighted by Crippen LogP contribution is -2.38. The molecule has 0 aliphatic carbocycles. The van der Waals surface area contributed by atoms with Crippen molar-refractivity contribution in [2.45, 2.75) is 39.2 Å². The number of aryl methyl sites for hydroxylation is 1. The molecule has 5 nitrogen and oxygen atoms in total. The van der Waals surface area contributed by atoms with E-state index in [0.29, 0.717) is 10.9 Å². The summed E-state index contributed by atoms with van der Waals surface area (Å²) in [5.41, 5.74) is 0.783. The van der Waals surface area contributed by atoms with E-state index in [4.69, 9.17) is 0 Å². The van der Waals surface area contributed by atoms with E-state index in [-0.39, 0.29) is 0 Å². The molecule has 1 aliphatic heterocycles. The molecule has 1 saturated heterocycles. The highest BCUT2D eigenvalue weighted by atomic mass is 32.1. The first-order valence-electron chi connectivity index (χ1n) is 6.83. The number of carboxylic acids is 1. The Morgan fingerprint density at radius 2 is 2.25 bits per heavy atom. The van der Waals surface area contributed by atoms with Gasteiger partial charge in [0.1, 0.15) is 21.9 Å². The van der Waals surface area contributed by atoms with Gasteiger partial charge in [-0.25, -0.2) is 14.8 Å². The normalized spacial score (nSPS) is 19.5. The van der Waals surface area contributed by atoms with Crippen molar-refractivity contribution in [3.63, 3.8) is 0 Å². The van der Waals surface area contributed by atoms with Crippen molar-refractivity contribution in [2.75, 3.05) is 11.4 Å². The molecule has 106 valence electrons. The molecule has 1 N–H and O–H groups in total. The third kappa shape index (κ3) is 2.04. The molecule has 1 fully saturated rings. The number of fused-ring (bicyclic) bond motifs is 1. The quantitative estimate of drug-likeness (QED) is 0.921. The maximum absolute atomic E-state index is 11.3. The minimum atomic E-state index is -0.886. The molecule has 3 rings (SSSR count). The zero-order valence-electron chi connectivity index (χ0n) is 11.6. The summed E-state index contributed by atoms with van der Waals surface area (Å²) in [6.07, 6.45) is 5.10. The lowest BCUT2D eigenvalue weighted by Gasteiger charge is -2.34. The first-order chi connectivity index (χ1) is 9.59. The predicted molar refractivity (Wildman–Crippen MR) is 79.8 cm³/mol. The van der Waals surface area contributed by atoms with Gasteiger partial charge in [0.2, 0.25) is 0 Å². The first-order valence-corrected chi connectivity index (χ1v) is 7.65. The number of nitrogens with zero attached hydrogens (tertiary/aromatic N) is 3. The molecule has 0 spiro atoms. The Morgan fingerprint density at radius 1 is 1.45 bits per heavy atom. The Hall–Kier alpha value is -1.69. The summed E-state index contributed by atoms with van der Waals surface area (Å²) in [6, 6.07) is 0.439. The van der Waals surface area contributed by atoms with Crippen LogP contribution in [0.2, 0.25) is 0 Å². The van der Waals surface area contributed by atoms with Crippen LogP contribution in [0.4, 0.5) is 5.82 Å². The number of carboxylic acid groups (broad SMARTS) is 1. The highest BCUT2D eigenvalue weighted by Crippen LogP contribution is 2.36. The molecule has 20 heavy (non-hydrogen) atoms. The van der Waals surface area contributed by atoms with Crippen molar-refractivity contribution >= 4 is 33.3 Å². The molecule has 0 unspecified atom stereocenters. The molecule has 2 aromatic heterocycles. The van der Waals surface area contributed by atoms with Crippen molar-refractivity contribution in [1.82, 2.24) is 9.97 Å². The molecule has 0 radical (unpaired) electrons. The van der Waals surface area contributed by atoms with E-state index in [9.17, 15) is 9.90 Å². The van der Waals surface area contributed by atoms with Gasteiger partial charge in [-0.05, 0) is 38.7 Å². The van der Waals surface area contributed by atoms with E-state index in [1.807, 2.05) is 6.92 Å². The van der Waals surface area contributed by atoms with Crippen LogP contribution in [0.3, 0.4) is 0 Å². The summed E-state index contributed by atoms with van der Waals surface area (Å²) in [5.74, 6) is 0.00610. The van der Waals surface area contributed by atoms with Gasteiger partial charge < -0.3 is 10.0 Å². The van der Waals surface area contributed by atoms with Gasteiger partial charge in [0.25, 0.3) is 0 Å². The van der Waals surface area contributed by atoms with Gasteiger partial charge in [0.05, 0.1) is 5.39 Å². The Labute approximate surface area is 121 Å². The highest BCUT2D eigenvalue weighted by molar-refractivity contribution is 7.20. The average Bonchev–Trinajstić information content (AvgIpc) is 2.77. The number of thiophene rings is 1. The van der Waals surface area contributed by atoms with E-state index < -0.39 is 5.97 Å². The van der Waals surface area contributed by atoms with Crippen LogP contribution in [0.25, 0.3) is 10.2 Å². The number of aromatic nitrogens is 2. The molecule has 0 amide bonds. The summed E-state index contributed by atoms with van der Waals surface area (Å²) >= 11 is 1.23. The van der Waals surface area contributed by atoms with Crippen LogP contribution in [0.1, 0.15) is 41.4 Å². The summed E-state index contributed by atoms with van der Waals surface area (Å²) < 4.78 is 0. The van der Waals surface area contributed by atoms with E-state index >= 15 is 0 Å². The molecular formula is C14H17N3O2S. The maximum Gasteiger partial charge on any atom is 0.346 e. The van der Waals surface area contributed by atoms with Gasteiger partial charge in [-0.1, -0.05) is 0 Å². The molecule has 1 aliphatic rings. The predicted octanol–water partition coefficient (Wildman–Crippen LogP) is 3.08. The third-order valence-electron chi connectivity index (χ3n) is 3.98. The Kier molecular flexibility index (Phi) is 3.33. The van der Waals surface area contributed by atoms with Crippen molar-refractivity contribution in [2.24, 2.45) is 0 Å². The number of anilines is 1. The van der Waals surface area contributed by atoms with Gasteiger partial charge in [-0.15, -0.1) is 11.3 Å². The average molecular weight is 291 g/mol. The monoisotopic (exact) mass is 291 g/mol. The number of aromatic carboxylic acids is 1. The molecule has 0 saturated carbocycles. The standard InChI is InChI=1S/C14H17N3O2S/c1-8-5-3-4-6-17(8)12-10-9(2)11(14(18)19)20-13(10)16-7-15-12/h7-8H,3-6H2,1-2H3,(H,18,19)/t8-/m1/s1. The number of hydrogen-bond acceptors (Lipinski definition) is 5. The van der Waals surface area contributed by atoms with Crippen LogP contribution in [0, 0.1) is 6.92 Å². The smallest absolute Gasteiger partial charge is 0.346 e. The Balaban J connectivity index is 2.18. The lowest BCUT2D eigenvalue weighted by molar-refractivity contribution is 0.0701. The lowest BCUT2D eigenvalue weighted by atomic mass is 10.0. The fraction of sp³-hybridized carbons (Fsp3) is 0.500. The number of carbonyl (C=O) groups is 1. The van der Waals surface area contributed by atoms with E-state index in [1.54, 1.807) is 6.33 Å². The minimum absolute atomic E-state index is 0.367. The Morgan fingerprint density at radius 3 is 2.95 bits per heavy atom. The molecule has 0 bridgehead atoms. The molecular weight excluding hydrogens is 274 g/mol. The fourth-order valence-corrected chi connectivity index (χ4v) is 3.87. The van der Waals surface area contributed by atoms with Crippen LogP contribution in [0.5, 0.6) is 0 Å². The van der Waals surface area contributed by atoms with Crippen molar-refractivity contribution in [1.29, 1.82) is 0 Å². The summed E-state index contributed by atoms with van der Waals surface area (Å²) in [6.45, 7) is 5.03. The minimum Gasteiger partial charge on any atom is -0.477 e. The number of hydrogen-bond donors (Lipinski definition) is 1. The molecule has 0 aromatic carbocycles. The SMILES string of the molecule is Cc1c(C(=O)O)sc2ncnc(N3CCCC[C@H]3C)c12. The van der Waals surface area contributed by atoms with Gasteiger partial charge in [0, 0.05) is 12.6 Å². The number of piperidine rings is 1. The second-order valence-electron chi connectivity index (χ2n) is 5.28. The summed E-state index contributed by atoms with van der Waals surface area (Å²) in [4.78, 5) is 23.4. The maximum atomic E-state index is 11.3. The van der Waals surface area contributed by atoms with Crippen molar-refractivity contribution in [3.05, 3.63) is 16.8 Å². The van der Waals surface area contributed by atoms with E-state index in [2.05, 4.69) is 21.8 Å². The second kappa shape index (κ2) is 5.01. The molecule has 6 heteroatoms. The topological polar surface area (TPSA) is 66.3 Å². The number of rotatable bonds is 2. The van der Waals surface area contributed by atoms with Gasteiger partial charge >= 0.3 is 5.97 Å². The van der Waals surface area contributed by atoms with Crippen LogP contribution in [0.15, 0.2) is 6.33 Å². The molecule has 1 atom stereocenters. The van der Waals surface area contributed by atoms with Gasteiger partial charge in [-0.2, -0.15) is 0 Å². The molecule has 3 heterocycles. The van der Waals surface area contributed by atoms with Crippen molar-refractivity contribution in [3.8, 4) is 0 Å². The van der Waals surface area contributed by atoms with Crippen molar-refractivity contribution < 1.29 is 9.90 Å². The van der Waals surface area contributed by atoms with E-state index in [1.165, 1.54) is 17.8 Å². The van der Waals surface area contributed by atoms with E-state index in [0.717, 1.165) is 41.0 Å². The fourth-order valence-electron chi connectivity index (χ4n) is 2.89. The van der Waals surface area contributed by atoms with Crippen LogP contribution >= 0.6 is 11.3 Å². The van der Waals surface area contributed by atoms with Crippen LogP contribution in [-0.2, 0) is 0 Å². The largest absolute Gasteiger partial charge is 0.477 e. The summed E-state index contributed by atoms with van der Waals surface area (Å²) in [7, 11) is 0. The van der Waals surface area contributed by atoms with Crippen LogP contribution < -0.4 is 4.90 Å². The Bertz CT molecular complexity index is 668. The third-order valence-corrected chi connectivity index (χ3v) is 5.16. The zero-order chi connectivity index (χ0) is 14.3. The second-order valence-corrected chi connectivity index (χ2v) is 6.28. The summed E-state index contributed by atoms with van der Waals surface area (Å²) in [5, 5.41) is 10.2. The van der Waals surface area contributed by atoms with Gasteiger partial charge in [0.15, 0.2) is 0 Å². The molecule has 2 aromatic rings. The van der Waals surface area contributed by atoms with Gasteiger partial charge in [-0.3, -0.25) is 0 Å². The first kappa shape index (κ1) is 13.3. The van der Waals surface area contributed by atoms with Crippen LogP contribution in [-0.4, -0.2) is 33.6 Å². The zero-order valence-corrected chi connectivity index (χ0v) is 12.4.